The number of hydrogen-bond donors (Lipinski definition) is 2. The number of imide groups is 1. The third kappa shape index (κ3) is 5.21. The van der Waals surface area contributed by atoms with Crippen molar-refractivity contribution in [2.45, 2.75) is 24.0 Å². The summed E-state index contributed by atoms with van der Waals surface area (Å²) in [5.41, 5.74) is 0. The van der Waals surface area contributed by atoms with Crippen LogP contribution in [0.25, 0.3) is 0 Å². The van der Waals surface area contributed by atoms with Gasteiger partial charge in [-0.1, -0.05) is 0 Å². The Hall–Kier alpha value is -1.69. The minimum absolute atomic E-state index is 0.313. The van der Waals surface area contributed by atoms with Crippen molar-refractivity contribution < 1.29 is 14.3 Å². The average molecular weight is 282 g/mol. The van der Waals surface area contributed by atoms with Gasteiger partial charge in [0.05, 0.1) is 12.4 Å². The van der Waals surface area contributed by atoms with Gasteiger partial charge in [0.2, 0.25) is 5.91 Å². The number of thioether (sulfide) groups is 1. The molecule has 0 fully saturated rings. The second-order valence-electron chi connectivity index (χ2n) is 3.78. The third-order valence-electron chi connectivity index (χ3n) is 2.32. The highest BCUT2D eigenvalue weighted by atomic mass is 32.2. The Labute approximate surface area is 117 Å². The molecule has 0 aliphatic carbocycles. The van der Waals surface area contributed by atoms with Crippen LogP contribution >= 0.6 is 11.8 Å². The van der Waals surface area contributed by atoms with Crippen molar-refractivity contribution in [1.29, 1.82) is 0 Å². The van der Waals surface area contributed by atoms with E-state index >= 15 is 0 Å². The van der Waals surface area contributed by atoms with Gasteiger partial charge in [0.1, 0.15) is 5.75 Å². The molecule has 1 unspecified atom stereocenters. The van der Waals surface area contributed by atoms with E-state index in [1.807, 2.05) is 24.3 Å². The number of urea groups is 1. The second kappa shape index (κ2) is 7.68. The number of hydrogen-bond acceptors (Lipinski definition) is 4. The summed E-state index contributed by atoms with van der Waals surface area (Å²) in [6.45, 7) is 4.03. The molecule has 1 rings (SSSR count). The fraction of sp³-hybridized carbons (Fsp3) is 0.385. The fourth-order valence-electron chi connectivity index (χ4n) is 1.33. The van der Waals surface area contributed by atoms with E-state index in [4.69, 9.17) is 4.74 Å². The summed E-state index contributed by atoms with van der Waals surface area (Å²) in [4.78, 5) is 23.9. The molecule has 0 saturated carbocycles. The van der Waals surface area contributed by atoms with E-state index in [0.717, 1.165) is 10.6 Å². The molecule has 0 saturated heterocycles. The largest absolute Gasteiger partial charge is 0.497 e. The second-order valence-corrected chi connectivity index (χ2v) is 5.20. The Balaban J connectivity index is 2.50. The topological polar surface area (TPSA) is 67.4 Å². The molecule has 1 aromatic carbocycles. The van der Waals surface area contributed by atoms with Crippen LogP contribution < -0.4 is 15.4 Å². The molecule has 0 aliphatic heterocycles. The Bertz CT molecular complexity index is 434. The minimum Gasteiger partial charge on any atom is -0.497 e. The Morgan fingerprint density at radius 1 is 1.32 bits per heavy atom. The van der Waals surface area contributed by atoms with E-state index in [9.17, 15) is 9.59 Å². The standard InChI is InChI=1S/C13H18N2O3S/c1-4-14-13(17)15-12(16)9(2)19-11-7-5-10(18-3)6-8-11/h5-9H,4H2,1-3H3,(H2,14,15,16,17). The number of rotatable bonds is 5. The van der Waals surface area contributed by atoms with Gasteiger partial charge in [-0.05, 0) is 38.1 Å². The quantitative estimate of drug-likeness (QED) is 0.811. The first-order valence-electron chi connectivity index (χ1n) is 5.96. The maximum atomic E-state index is 11.7. The Morgan fingerprint density at radius 2 is 1.95 bits per heavy atom. The number of nitrogens with one attached hydrogen (secondary N) is 2. The molecule has 1 atom stereocenters. The molecule has 5 nitrogen and oxygen atoms in total. The van der Waals surface area contributed by atoms with Gasteiger partial charge in [-0.2, -0.15) is 0 Å². The van der Waals surface area contributed by atoms with Gasteiger partial charge in [-0.3, -0.25) is 10.1 Å². The summed E-state index contributed by atoms with van der Waals surface area (Å²) in [7, 11) is 1.60. The number of benzene rings is 1. The zero-order valence-electron chi connectivity index (χ0n) is 11.2. The van der Waals surface area contributed by atoms with Crippen LogP contribution in [0.2, 0.25) is 0 Å². The van der Waals surface area contributed by atoms with Crippen molar-refractivity contribution in [2.24, 2.45) is 0 Å². The normalized spacial score (nSPS) is 11.5. The van der Waals surface area contributed by atoms with Crippen LogP contribution in [0, 0.1) is 0 Å². The number of ether oxygens (including phenoxy) is 1. The summed E-state index contributed by atoms with van der Waals surface area (Å²) in [6, 6.07) is 6.95. The lowest BCUT2D eigenvalue weighted by atomic mass is 10.3. The number of amides is 3. The average Bonchev–Trinajstić information content (AvgIpc) is 2.39. The van der Waals surface area contributed by atoms with Gasteiger partial charge < -0.3 is 10.1 Å². The van der Waals surface area contributed by atoms with Crippen molar-refractivity contribution in [1.82, 2.24) is 10.6 Å². The van der Waals surface area contributed by atoms with Gasteiger partial charge in [0, 0.05) is 11.4 Å². The van der Waals surface area contributed by atoms with Crippen molar-refractivity contribution in [3.63, 3.8) is 0 Å². The van der Waals surface area contributed by atoms with Crippen LogP contribution in [0.15, 0.2) is 29.2 Å². The van der Waals surface area contributed by atoms with Crippen molar-refractivity contribution in [2.75, 3.05) is 13.7 Å². The Morgan fingerprint density at radius 3 is 2.47 bits per heavy atom. The Kier molecular flexibility index (Phi) is 6.21. The van der Waals surface area contributed by atoms with Crippen LogP contribution in [0.5, 0.6) is 5.75 Å². The molecule has 2 N–H and O–H groups in total. The zero-order chi connectivity index (χ0) is 14.3. The molecular formula is C13H18N2O3S. The molecular weight excluding hydrogens is 264 g/mol. The maximum Gasteiger partial charge on any atom is 0.321 e. The summed E-state index contributed by atoms with van der Waals surface area (Å²) in [6.07, 6.45) is 0. The number of methoxy groups -OCH3 is 1. The van der Waals surface area contributed by atoms with Gasteiger partial charge in [-0.15, -0.1) is 11.8 Å². The first kappa shape index (κ1) is 15.4. The molecule has 104 valence electrons. The van der Waals surface area contributed by atoms with Crippen LogP contribution in [-0.2, 0) is 4.79 Å². The summed E-state index contributed by atoms with van der Waals surface area (Å²) >= 11 is 1.38. The first-order valence-corrected chi connectivity index (χ1v) is 6.84. The van der Waals surface area contributed by atoms with Crippen molar-refractivity contribution >= 4 is 23.7 Å². The molecule has 19 heavy (non-hydrogen) atoms. The smallest absolute Gasteiger partial charge is 0.321 e. The summed E-state index contributed by atoms with van der Waals surface area (Å²) < 4.78 is 5.06. The molecule has 6 heteroatoms. The summed E-state index contributed by atoms with van der Waals surface area (Å²) in [5.74, 6) is 0.454. The highest BCUT2D eigenvalue weighted by Crippen LogP contribution is 2.25. The zero-order valence-corrected chi connectivity index (χ0v) is 12.0. The van der Waals surface area contributed by atoms with Crippen molar-refractivity contribution in [3.05, 3.63) is 24.3 Å². The lowest BCUT2D eigenvalue weighted by Crippen LogP contribution is -2.42. The van der Waals surface area contributed by atoms with Crippen LogP contribution in [-0.4, -0.2) is 30.8 Å². The highest BCUT2D eigenvalue weighted by Gasteiger charge is 2.16. The monoisotopic (exact) mass is 282 g/mol. The highest BCUT2D eigenvalue weighted by molar-refractivity contribution is 8.00. The van der Waals surface area contributed by atoms with Gasteiger partial charge in [0.15, 0.2) is 0 Å². The number of carbonyl (C=O) groups is 2. The van der Waals surface area contributed by atoms with E-state index in [1.165, 1.54) is 11.8 Å². The fourth-order valence-corrected chi connectivity index (χ4v) is 2.20. The first-order chi connectivity index (χ1) is 9.06. The molecule has 3 amide bonds. The lowest BCUT2D eigenvalue weighted by molar-refractivity contribution is -0.119. The van der Waals surface area contributed by atoms with E-state index in [0.29, 0.717) is 6.54 Å². The van der Waals surface area contributed by atoms with Crippen LogP contribution in [0.1, 0.15) is 13.8 Å². The van der Waals surface area contributed by atoms with E-state index in [1.54, 1.807) is 21.0 Å². The van der Waals surface area contributed by atoms with E-state index in [2.05, 4.69) is 10.6 Å². The van der Waals surface area contributed by atoms with Crippen LogP contribution in [0.3, 0.4) is 0 Å². The van der Waals surface area contributed by atoms with Gasteiger partial charge in [0.25, 0.3) is 0 Å². The van der Waals surface area contributed by atoms with E-state index < -0.39 is 6.03 Å². The summed E-state index contributed by atoms with van der Waals surface area (Å²) in [5, 5.41) is 4.45. The van der Waals surface area contributed by atoms with Gasteiger partial charge >= 0.3 is 6.03 Å². The van der Waals surface area contributed by atoms with Crippen LogP contribution in [0.4, 0.5) is 4.79 Å². The molecule has 1 aromatic rings. The molecule has 0 spiro atoms. The molecule has 0 radical (unpaired) electrons. The van der Waals surface area contributed by atoms with Crippen molar-refractivity contribution in [3.8, 4) is 5.75 Å². The molecule has 0 bridgehead atoms. The third-order valence-corrected chi connectivity index (χ3v) is 3.43. The predicted octanol–water partition coefficient (Wildman–Crippen LogP) is 2.02. The lowest BCUT2D eigenvalue weighted by Gasteiger charge is -2.11. The SMILES string of the molecule is CCNC(=O)NC(=O)C(C)Sc1ccc(OC)cc1. The molecule has 0 aromatic heterocycles. The predicted molar refractivity (Wildman–Crippen MR) is 75.5 cm³/mol. The van der Waals surface area contributed by atoms with E-state index in [-0.39, 0.29) is 11.2 Å². The number of carbonyl (C=O) groups excluding carboxylic acids is 2. The maximum absolute atomic E-state index is 11.7. The van der Waals surface area contributed by atoms with Gasteiger partial charge in [-0.25, -0.2) is 4.79 Å². The molecule has 0 heterocycles. The minimum atomic E-state index is -0.463. The molecule has 0 aliphatic rings.